The molecule has 6 aliphatic rings. The topological polar surface area (TPSA) is 6.48 Å². The third-order valence-electron chi connectivity index (χ3n) is 19.5. The fourth-order valence-corrected chi connectivity index (χ4v) is 16.5. The van der Waals surface area contributed by atoms with E-state index in [1.807, 2.05) is 76.2 Å². The molecule has 2 nitrogen and oxygen atoms in total. The van der Waals surface area contributed by atoms with Crippen molar-refractivity contribution in [3.63, 3.8) is 0 Å². The van der Waals surface area contributed by atoms with Crippen molar-refractivity contribution in [3.8, 4) is 11.1 Å². The molecule has 6 aromatic rings. The Morgan fingerprint density at radius 2 is 0.513 bits per heavy atom. The number of nitrogens with zero attached hydrogens (tertiary/aromatic N) is 2. The SMILES string of the molecule is Cc1ccc2c(c1)N(c1c(F)c(F)c(-c3c(F)c(F)c(N4c5cc(C)ccc5C(C5CCCCC5)(C5CCCCC5)c5ccc(C)cc54)c(F)c3F)c(F)c1F)c1cc(C)ccc1C2(C1CCCCC1)C1CCCCC1. The third-order valence-corrected chi connectivity index (χ3v) is 19.5. The van der Waals surface area contributed by atoms with E-state index >= 15 is 35.1 Å². The van der Waals surface area contributed by atoms with Crippen LogP contribution in [0.2, 0.25) is 0 Å². The molecular formula is C66H68F8N2. The molecule has 0 bridgehead atoms. The van der Waals surface area contributed by atoms with Gasteiger partial charge in [-0.05, 0) is 172 Å². The van der Waals surface area contributed by atoms with Crippen LogP contribution in [-0.4, -0.2) is 0 Å². The molecule has 0 unspecified atom stereocenters. The molecule has 0 atom stereocenters. The van der Waals surface area contributed by atoms with Crippen LogP contribution in [0.5, 0.6) is 0 Å². The molecule has 0 saturated heterocycles. The highest BCUT2D eigenvalue weighted by Crippen LogP contribution is 2.66. The Labute approximate surface area is 442 Å². The highest BCUT2D eigenvalue weighted by molar-refractivity contribution is 5.91. The van der Waals surface area contributed by atoms with Gasteiger partial charge in [-0.1, -0.05) is 126 Å². The maximum Gasteiger partial charge on any atom is 0.186 e. The van der Waals surface area contributed by atoms with Crippen molar-refractivity contribution >= 4 is 34.1 Å². The molecular weight excluding hydrogens is 973 g/mol. The van der Waals surface area contributed by atoms with E-state index in [9.17, 15) is 0 Å². The highest BCUT2D eigenvalue weighted by atomic mass is 19.2. The quantitative estimate of drug-likeness (QED) is 0.116. The van der Waals surface area contributed by atoms with Crippen molar-refractivity contribution in [1.29, 1.82) is 0 Å². The lowest BCUT2D eigenvalue weighted by molar-refractivity contribution is 0.133. The van der Waals surface area contributed by atoms with E-state index in [4.69, 9.17) is 0 Å². The Morgan fingerprint density at radius 3 is 0.724 bits per heavy atom. The number of hydrogen-bond acceptors (Lipinski definition) is 2. The number of halogens is 8. The lowest BCUT2D eigenvalue weighted by atomic mass is 9.51. The fraction of sp³-hybridized carbons (Fsp3) is 0.455. The van der Waals surface area contributed by atoms with Gasteiger partial charge in [0.2, 0.25) is 0 Å². The zero-order valence-electron chi connectivity index (χ0n) is 44.3. The molecule has 398 valence electrons. The van der Waals surface area contributed by atoms with E-state index in [2.05, 4.69) is 0 Å². The van der Waals surface area contributed by atoms with Crippen molar-refractivity contribution < 1.29 is 35.1 Å². The first-order valence-electron chi connectivity index (χ1n) is 28.5. The average molecular weight is 1040 g/mol. The fourth-order valence-electron chi connectivity index (χ4n) is 16.5. The number of rotatable bonds is 7. The summed E-state index contributed by atoms with van der Waals surface area (Å²) in [5.41, 5.74) is 0.516. The minimum Gasteiger partial charge on any atom is -0.304 e. The summed E-state index contributed by atoms with van der Waals surface area (Å²) in [5, 5.41) is 0. The normalized spacial score (nSPS) is 20.1. The maximum absolute atomic E-state index is 17.6. The predicted octanol–water partition coefficient (Wildman–Crippen LogP) is 20.2. The number of benzene rings is 6. The van der Waals surface area contributed by atoms with Crippen LogP contribution >= 0.6 is 0 Å². The van der Waals surface area contributed by atoms with Crippen LogP contribution in [0, 0.1) is 97.9 Å². The van der Waals surface area contributed by atoms with Gasteiger partial charge >= 0.3 is 0 Å². The van der Waals surface area contributed by atoms with Gasteiger partial charge in [0, 0.05) is 10.8 Å². The first kappa shape index (κ1) is 51.1. The molecule has 0 amide bonds. The van der Waals surface area contributed by atoms with Gasteiger partial charge in [0.05, 0.1) is 33.9 Å². The van der Waals surface area contributed by atoms with Gasteiger partial charge in [0.25, 0.3) is 0 Å². The second-order valence-electron chi connectivity index (χ2n) is 23.8. The second kappa shape index (κ2) is 19.7. The second-order valence-corrected chi connectivity index (χ2v) is 23.8. The third kappa shape index (κ3) is 7.57. The number of aryl methyl sites for hydroxylation is 4. The summed E-state index contributed by atoms with van der Waals surface area (Å²) in [5.74, 6) is -15.8. The van der Waals surface area contributed by atoms with Crippen molar-refractivity contribution in [2.45, 2.75) is 167 Å². The number of anilines is 6. The molecule has 0 aromatic heterocycles. The molecule has 12 rings (SSSR count). The summed E-state index contributed by atoms with van der Waals surface area (Å²) in [6.07, 6.45) is 20.2. The summed E-state index contributed by atoms with van der Waals surface area (Å²) in [6, 6.07) is 23.1. The molecule has 10 heteroatoms. The van der Waals surface area contributed by atoms with Crippen LogP contribution in [0.1, 0.15) is 173 Å². The molecule has 0 spiro atoms. The lowest BCUT2D eigenvalue weighted by Crippen LogP contribution is -2.48. The molecule has 0 N–H and O–H groups in total. The van der Waals surface area contributed by atoms with Gasteiger partial charge in [-0.2, -0.15) is 0 Å². The van der Waals surface area contributed by atoms with Gasteiger partial charge in [-0.3, -0.25) is 0 Å². The zero-order valence-corrected chi connectivity index (χ0v) is 44.3. The minimum absolute atomic E-state index is 0.176. The molecule has 76 heavy (non-hydrogen) atoms. The molecule has 4 saturated carbocycles. The minimum atomic E-state index is -2.18. The Hall–Kier alpha value is -5.64. The first-order valence-corrected chi connectivity index (χ1v) is 28.5. The smallest absolute Gasteiger partial charge is 0.186 e. The molecule has 2 heterocycles. The van der Waals surface area contributed by atoms with Gasteiger partial charge in [0.15, 0.2) is 46.5 Å². The summed E-state index contributed by atoms with van der Waals surface area (Å²) < 4.78 is 140. The molecule has 6 aromatic carbocycles. The van der Waals surface area contributed by atoms with Crippen molar-refractivity contribution in [2.24, 2.45) is 23.7 Å². The van der Waals surface area contributed by atoms with Crippen LogP contribution in [0.15, 0.2) is 72.8 Å². The van der Waals surface area contributed by atoms with E-state index in [1.165, 1.54) is 9.80 Å². The van der Waals surface area contributed by atoms with Crippen molar-refractivity contribution in [3.05, 3.63) is 164 Å². The zero-order chi connectivity index (χ0) is 52.9. The maximum atomic E-state index is 17.6. The largest absolute Gasteiger partial charge is 0.304 e. The number of fused-ring (bicyclic) bond motifs is 4. The van der Waals surface area contributed by atoms with Crippen molar-refractivity contribution in [1.82, 2.24) is 0 Å². The van der Waals surface area contributed by atoms with Gasteiger partial charge in [-0.15, -0.1) is 0 Å². The number of hydrogen-bond donors (Lipinski definition) is 0. The van der Waals surface area contributed by atoms with Crippen LogP contribution < -0.4 is 9.80 Å². The van der Waals surface area contributed by atoms with Crippen LogP contribution in [0.4, 0.5) is 69.2 Å². The average Bonchev–Trinajstić information content (AvgIpc) is 3.59. The van der Waals surface area contributed by atoms with E-state index in [1.54, 1.807) is 24.3 Å². The highest BCUT2D eigenvalue weighted by Gasteiger charge is 2.56. The first-order chi connectivity index (χ1) is 36.7. The van der Waals surface area contributed by atoms with E-state index in [-0.39, 0.29) is 23.7 Å². The Morgan fingerprint density at radius 1 is 0.303 bits per heavy atom. The van der Waals surface area contributed by atoms with E-state index in [0.29, 0.717) is 22.7 Å². The van der Waals surface area contributed by atoms with Crippen LogP contribution in [0.3, 0.4) is 0 Å². The van der Waals surface area contributed by atoms with Gasteiger partial charge in [0.1, 0.15) is 11.4 Å². The van der Waals surface area contributed by atoms with Crippen LogP contribution in [-0.2, 0) is 10.8 Å². The molecule has 4 aliphatic carbocycles. The van der Waals surface area contributed by atoms with Gasteiger partial charge < -0.3 is 9.80 Å². The van der Waals surface area contributed by atoms with Crippen molar-refractivity contribution in [2.75, 3.05) is 9.80 Å². The summed E-state index contributed by atoms with van der Waals surface area (Å²) in [6.45, 7) is 7.37. The monoisotopic (exact) mass is 1040 g/mol. The van der Waals surface area contributed by atoms with Gasteiger partial charge in [-0.25, -0.2) is 35.1 Å². The van der Waals surface area contributed by atoms with Crippen LogP contribution in [0.25, 0.3) is 11.1 Å². The van der Waals surface area contributed by atoms with E-state index < -0.39 is 79.9 Å². The molecule has 2 aliphatic heterocycles. The molecule has 4 fully saturated rings. The summed E-state index contributed by atoms with van der Waals surface area (Å²) >= 11 is 0. The lowest BCUT2D eigenvalue weighted by Gasteiger charge is -2.55. The Kier molecular flexibility index (Phi) is 13.2. The molecule has 0 radical (unpaired) electrons. The summed E-state index contributed by atoms with van der Waals surface area (Å²) in [7, 11) is 0. The predicted molar refractivity (Wildman–Crippen MR) is 288 cm³/mol. The standard InChI is InChI=1S/C66H68F8N2/c1-37-25-29-45-49(33-37)75(50-34-38(2)26-30-46(50)65(45,41-17-9-5-10-18-41)42-19-11-6-12-20-42)63-59(71)55(67)53(56(68)60(63)72)54-57(69)61(73)64(62(74)58(54)70)76-51-35-39(3)27-31-47(51)66(43-21-13-7-14-22-43,44-23-15-8-16-24-44)48-32-28-40(4)36-52(48)76/h25-36,41-44H,5-24H2,1-4H3. The Bertz CT molecular complexity index is 2840. The Balaban J connectivity index is 1.05. The summed E-state index contributed by atoms with van der Waals surface area (Å²) in [4.78, 5) is 2.45. The van der Waals surface area contributed by atoms with E-state index in [0.717, 1.165) is 173 Å².